The molecule has 2 N–H and O–H groups in total. The van der Waals surface area contributed by atoms with Crippen molar-refractivity contribution in [2.75, 3.05) is 10.6 Å². The molecule has 2 heterocycles. The Labute approximate surface area is 173 Å². The molecule has 2 aromatic heterocycles. The fraction of sp³-hybridized carbons (Fsp3) is 0.0952. The van der Waals surface area contributed by atoms with Crippen LogP contribution in [0.25, 0.3) is 0 Å². The molecule has 0 amide bonds. The summed E-state index contributed by atoms with van der Waals surface area (Å²) in [5.74, 6) is -0.250. The zero-order valence-corrected chi connectivity index (χ0v) is 16.3. The van der Waals surface area contributed by atoms with Crippen molar-refractivity contribution in [1.82, 2.24) is 19.6 Å². The minimum absolute atomic E-state index is 0.250. The van der Waals surface area contributed by atoms with Gasteiger partial charge in [0.05, 0.1) is 36.9 Å². The lowest BCUT2D eigenvalue weighted by Gasteiger charge is -2.06. The van der Waals surface area contributed by atoms with Crippen LogP contribution < -0.4 is 10.6 Å². The number of anilines is 2. The van der Waals surface area contributed by atoms with E-state index in [2.05, 4.69) is 33.0 Å². The summed E-state index contributed by atoms with van der Waals surface area (Å²) in [7, 11) is 0. The fourth-order valence-corrected chi connectivity index (χ4v) is 3.11. The van der Waals surface area contributed by atoms with Crippen LogP contribution in [-0.4, -0.2) is 24.7 Å². The maximum Gasteiger partial charge on any atom is 0.175 e. The molecule has 0 atom stereocenters. The molecule has 4 rings (SSSR count). The number of aromatic nitrogens is 4. The van der Waals surface area contributed by atoms with Crippen molar-refractivity contribution in [2.24, 2.45) is 0 Å². The third-order valence-electron chi connectivity index (χ3n) is 4.23. The Morgan fingerprint density at radius 2 is 1.31 bits per heavy atom. The van der Waals surface area contributed by atoms with Gasteiger partial charge in [-0.2, -0.15) is 10.2 Å². The van der Waals surface area contributed by atoms with E-state index in [-0.39, 0.29) is 5.82 Å². The summed E-state index contributed by atoms with van der Waals surface area (Å²) in [4.78, 5) is 0. The van der Waals surface area contributed by atoms with Gasteiger partial charge in [-0.15, -0.1) is 0 Å². The molecule has 0 spiro atoms. The van der Waals surface area contributed by atoms with Crippen molar-refractivity contribution in [3.8, 4) is 0 Å². The molecule has 0 unspecified atom stereocenters. The number of hydrogen-bond donors (Lipinski definition) is 2. The first kappa shape index (κ1) is 18.8. The van der Waals surface area contributed by atoms with Gasteiger partial charge in [0.15, 0.2) is 5.11 Å². The van der Waals surface area contributed by atoms with Gasteiger partial charge in [-0.3, -0.25) is 9.36 Å². The van der Waals surface area contributed by atoms with Crippen molar-refractivity contribution in [1.29, 1.82) is 0 Å². The first-order valence-electron chi connectivity index (χ1n) is 9.05. The number of nitrogens with one attached hydrogen (secondary N) is 2. The molecule has 0 aliphatic heterocycles. The van der Waals surface area contributed by atoms with Crippen LogP contribution in [0.4, 0.5) is 15.8 Å². The van der Waals surface area contributed by atoms with Crippen molar-refractivity contribution < 1.29 is 4.39 Å². The van der Waals surface area contributed by atoms with E-state index in [4.69, 9.17) is 12.2 Å². The Kier molecular flexibility index (Phi) is 5.62. The molecule has 4 aromatic rings. The summed E-state index contributed by atoms with van der Waals surface area (Å²) in [5, 5.41) is 15.3. The summed E-state index contributed by atoms with van der Waals surface area (Å²) in [5.41, 5.74) is 3.71. The SMILES string of the molecule is Fc1ccc(Cn2cc(NC(=S)Nc3cnn(Cc4ccccc4)c3)cn2)cc1. The van der Waals surface area contributed by atoms with Crippen LogP contribution in [0.15, 0.2) is 79.4 Å². The highest BCUT2D eigenvalue weighted by molar-refractivity contribution is 7.80. The molecule has 146 valence electrons. The fourth-order valence-electron chi connectivity index (χ4n) is 2.87. The Balaban J connectivity index is 1.31. The lowest BCUT2D eigenvalue weighted by atomic mass is 10.2. The highest BCUT2D eigenvalue weighted by atomic mass is 32.1. The zero-order chi connectivity index (χ0) is 20.1. The third kappa shape index (κ3) is 5.26. The average molecular weight is 406 g/mol. The normalized spacial score (nSPS) is 10.7. The summed E-state index contributed by atoms with van der Waals surface area (Å²) in [6.07, 6.45) is 7.17. The molecule has 0 radical (unpaired) electrons. The van der Waals surface area contributed by atoms with Crippen LogP contribution in [0.5, 0.6) is 0 Å². The Bertz CT molecular complexity index is 1090. The molecule has 8 heteroatoms. The average Bonchev–Trinajstić information content (AvgIpc) is 3.34. The predicted octanol–water partition coefficient (Wildman–Crippen LogP) is 4.12. The van der Waals surface area contributed by atoms with Gasteiger partial charge in [-0.1, -0.05) is 42.5 Å². The second-order valence-electron chi connectivity index (χ2n) is 6.54. The smallest absolute Gasteiger partial charge is 0.175 e. The van der Waals surface area contributed by atoms with Crippen LogP contribution in [0.3, 0.4) is 0 Å². The van der Waals surface area contributed by atoms with Crippen molar-refractivity contribution in [2.45, 2.75) is 13.1 Å². The lowest BCUT2D eigenvalue weighted by Crippen LogP contribution is -2.18. The number of rotatable bonds is 6. The summed E-state index contributed by atoms with van der Waals surface area (Å²) in [6, 6.07) is 16.5. The molecule has 29 heavy (non-hydrogen) atoms. The third-order valence-corrected chi connectivity index (χ3v) is 4.43. The van der Waals surface area contributed by atoms with Crippen molar-refractivity contribution >= 4 is 28.7 Å². The number of thiocarbonyl (C=S) groups is 1. The molecule has 0 saturated carbocycles. The quantitative estimate of drug-likeness (QED) is 0.472. The van der Waals surface area contributed by atoms with Gasteiger partial charge in [-0.05, 0) is 35.5 Å². The van der Waals surface area contributed by atoms with Gasteiger partial charge in [-0.25, -0.2) is 4.39 Å². The predicted molar refractivity (Wildman–Crippen MR) is 115 cm³/mol. The molecule has 0 aliphatic rings. The maximum absolute atomic E-state index is 13.0. The van der Waals surface area contributed by atoms with Gasteiger partial charge in [0.2, 0.25) is 0 Å². The first-order valence-corrected chi connectivity index (χ1v) is 9.46. The molecule has 6 nitrogen and oxygen atoms in total. The van der Waals surface area contributed by atoms with E-state index in [0.29, 0.717) is 18.2 Å². The van der Waals surface area contributed by atoms with E-state index in [1.807, 2.05) is 35.3 Å². The minimum Gasteiger partial charge on any atom is -0.330 e. The Hall–Kier alpha value is -3.52. The highest BCUT2D eigenvalue weighted by Gasteiger charge is 2.05. The monoisotopic (exact) mass is 406 g/mol. The van der Waals surface area contributed by atoms with Crippen molar-refractivity contribution in [3.05, 3.63) is 96.3 Å². The molecule has 2 aromatic carbocycles. The van der Waals surface area contributed by atoms with E-state index < -0.39 is 0 Å². The topological polar surface area (TPSA) is 59.7 Å². The van der Waals surface area contributed by atoms with Crippen molar-refractivity contribution in [3.63, 3.8) is 0 Å². The largest absolute Gasteiger partial charge is 0.330 e. The number of hydrogen-bond acceptors (Lipinski definition) is 3. The molecular formula is C21H19FN6S. The number of benzene rings is 2. The van der Waals surface area contributed by atoms with Crippen LogP contribution in [0, 0.1) is 5.82 Å². The second kappa shape index (κ2) is 8.66. The van der Waals surface area contributed by atoms with E-state index in [0.717, 1.165) is 16.9 Å². The van der Waals surface area contributed by atoms with Crippen LogP contribution >= 0.6 is 12.2 Å². The Morgan fingerprint density at radius 1 is 0.793 bits per heavy atom. The summed E-state index contributed by atoms with van der Waals surface area (Å²) >= 11 is 5.37. The number of halogens is 1. The van der Waals surface area contributed by atoms with Gasteiger partial charge >= 0.3 is 0 Å². The summed E-state index contributed by atoms with van der Waals surface area (Å²) in [6.45, 7) is 1.24. The molecule has 0 bridgehead atoms. The van der Waals surface area contributed by atoms with E-state index in [1.54, 1.807) is 29.2 Å². The molecule has 0 fully saturated rings. The number of nitrogens with zero attached hydrogens (tertiary/aromatic N) is 4. The summed E-state index contributed by atoms with van der Waals surface area (Å²) < 4.78 is 16.6. The van der Waals surface area contributed by atoms with Gasteiger partial charge in [0, 0.05) is 12.4 Å². The van der Waals surface area contributed by atoms with Gasteiger partial charge in [0.1, 0.15) is 5.82 Å². The lowest BCUT2D eigenvalue weighted by molar-refractivity contribution is 0.624. The van der Waals surface area contributed by atoms with Gasteiger partial charge < -0.3 is 10.6 Å². The first-order chi connectivity index (χ1) is 14.1. The van der Waals surface area contributed by atoms with E-state index >= 15 is 0 Å². The zero-order valence-electron chi connectivity index (χ0n) is 15.5. The second-order valence-corrected chi connectivity index (χ2v) is 6.95. The maximum atomic E-state index is 13.0. The van der Waals surface area contributed by atoms with E-state index in [9.17, 15) is 4.39 Å². The molecule has 0 saturated heterocycles. The Morgan fingerprint density at radius 3 is 1.86 bits per heavy atom. The minimum atomic E-state index is -0.250. The van der Waals surface area contributed by atoms with E-state index in [1.165, 1.54) is 17.7 Å². The van der Waals surface area contributed by atoms with Crippen LogP contribution in [-0.2, 0) is 13.1 Å². The van der Waals surface area contributed by atoms with Crippen LogP contribution in [0.1, 0.15) is 11.1 Å². The molecular weight excluding hydrogens is 387 g/mol. The highest BCUT2D eigenvalue weighted by Crippen LogP contribution is 2.12. The standard InChI is InChI=1S/C21H19FN6S/c22-18-8-6-17(7-9-18)13-28-15-20(11-24-28)26-21(29)25-19-10-23-27(14-19)12-16-4-2-1-3-5-16/h1-11,14-15H,12-13H2,(H2,25,26,29). The van der Waals surface area contributed by atoms with Gasteiger partial charge in [0.25, 0.3) is 0 Å². The van der Waals surface area contributed by atoms with Crippen LogP contribution in [0.2, 0.25) is 0 Å². The molecule has 0 aliphatic carbocycles.